The Kier molecular flexibility index (Phi) is 9.54. The van der Waals surface area contributed by atoms with Crippen molar-refractivity contribution in [2.24, 2.45) is 0 Å². The molecule has 2 aromatic rings. The number of thiazole rings is 1. The number of hydrogen-bond donors (Lipinski definition) is 3. The third-order valence-corrected chi connectivity index (χ3v) is 6.84. The van der Waals surface area contributed by atoms with Crippen molar-refractivity contribution in [3.05, 3.63) is 49.4 Å². The highest BCUT2D eigenvalue weighted by molar-refractivity contribution is 7.07. The zero-order valence-corrected chi connectivity index (χ0v) is 20.3. The standard InChI is InChI=1S/C24H29F2N5O3S/c1-2-31-23(34)20(35-24(31)18(12-27)22(33)29-14-21(25)26)13-28-17-8-6-7-16(11-17)19(32)15-30-9-4-3-5-10-30/h6-8,11,13,19,21,28,32H,2-5,9-10,14-15H2,1H3,(H,29,33). The van der Waals surface area contributed by atoms with Crippen molar-refractivity contribution in [2.75, 3.05) is 31.5 Å². The number of halogens is 2. The summed E-state index contributed by atoms with van der Waals surface area (Å²) < 4.78 is 26.5. The summed E-state index contributed by atoms with van der Waals surface area (Å²) in [6.07, 6.45) is 1.59. The highest BCUT2D eigenvalue weighted by Gasteiger charge is 2.17. The maximum Gasteiger partial charge on any atom is 0.270 e. The van der Waals surface area contributed by atoms with Gasteiger partial charge in [-0.25, -0.2) is 8.78 Å². The molecule has 35 heavy (non-hydrogen) atoms. The SMILES string of the molecule is CCn1c(=C(C#N)C(=O)NCC(F)F)sc(=CNc2cccc(C(O)CN3CCCCC3)c2)c1=O. The lowest BCUT2D eigenvalue weighted by Crippen LogP contribution is -2.35. The first-order valence-electron chi connectivity index (χ1n) is 11.5. The minimum absolute atomic E-state index is 0.102. The third-order valence-electron chi connectivity index (χ3n) is 5.71. The van der Waals surface area contributed by atoms with E-state index in [1.807, 2.05) is 23.5 Å². The van der Waals surface area contributed by atoms with Gasteiger partial charge in [0.2, 0.25) is 0 Å². The molecule has 2 heterocycles. The second kappa shape index (κ2) is 12.6. The molecule has 1 aliphatic rings. The van der Waals surface area contributed by atoms with Crippen LogP contribution in [0.15, 0.2) is 29.1 Å². The van der Waals surface area contributed by atoms with Gasteiger partial charge >= 0.3 is 0 Å². The molecule has 1 fully saturated rings. The van der Waals surface area contributed by atoms with Gasteiger partial charge < -0.3 is 20.6 Å². The van der Waals surface area contributed by atoms with Gasteiger partial charge in [-0.2, -0.15) is 5.26 Å². The number of nitrogens with one attached hydrogen (secondary N) is 2. The molecule has 11 heteroatoms. The van der Waals surface area contributed by atoms with Gasteiger partial charge in [0.05, 0.1) is 12.6 Å². The summed E-state index contributed by atoms with van der Waals surface area (Å²) in [5.41, 5.74) is 0.618. The lowest BCUT2D eigenvalue weighted by molar-refractivity contribution is -0.116. The molecule has 3 N–H and O–H groups in total. The van der Waals surface area contributed by atoms with Crippen LogP contribution in [-0.4, -0.2) is 53.1 Å². The van der Waals surface area contributed by atoms with Crippen LogP contribution in [-0.2, 0) is 11.3 Å². The Morgan fingerprint density at radius 2 is 2.06 bits per heavy atom. The van der Waals surface area contributed by atoms with Crippen LogP contribution >= 0.6 is 11.3 Å². The first kappa shape index (κ1) is 26.5. The predicted molar refractivity (Wildman–Crippen MR) is 131 cm³/mol. The monoisotopic (exact) mass is 505 g/mol. The molecule has 1 unspecified atom stereocenters. The minimum atomic E-state index is -2.75. The number of nitrogens with zero attached hydrogens (tertiary/aromatic N) is 3. The van der Waals surface area contributed by atoms with Crippen molar-refractivity contribution in [1.82, 2.24) is 14.8 Å². The van der Waals surface area contributed by atoms with E-state index in [1.54, 1.807) is 19.1 Å². The van der Waals surface area contributed by atoms with Crippen molar-refractivity contribution in [1.29, 1.82) is 5.26 Å². The fraction of sp³-hybridized carbons (Fsp3) is 0.458. The van der Waals surface area contributed by atoms with E-state index in [1.165, 1.54) is 17.2 Å². The number of β-amino-alcohol motifs (C(OH)–C–C–N with tert-alkyl or cyclic N) is 1. The number of carbonyl (C=O) groups is 1. The van der Waals surface area contributed by atoms with Crippen molar-refractivity contribution in [3.8, 4) is 6.07 Å². The Morgan fingerprint density at radius 1 is 1.31 bits per heavy atom. The Bertz CT molecular complexity index is 1250. The van der Waals surface area contributed by atoms with Crippen LogP contribution in [0.2, 0.25) is 0 Å². The summed E-state index contributed by atoms with van der Waals surface area (Å²) in [5.74, 6) is -0.953. The summed E-state index contributed by atoms with van der Waals surface area (Å²) >= 11 is 0.927. The average Bonchev–Trinajstić information content (AvgIpc) is 3.17. The Hall–Kier alpha value is -3.07. The largest absolute Gasteiger partial charge is 0.387 e. The summed E-state index contributed by atoms with van der Waals surface area (Å²) in [6, 6.07) is 8.99. The summed E-state index contributed by atoms with van der Waals surface area (Å²) in [7, 11) is 0. The van der Waals surface area contributed by atoms with Crippen LogP contribution in [0.3, 0.4) is 0 Å². The Morgan fingerprint density at radius 3 is 2.71 bits per heavy atom. The smallest absolute Gasteiger partial charge is 0.270 e. The predicted octanol–water partition coefficient (Wildman–Crippen LogP) is 1.35. The van der Waals surface area contributed by atoms with Gasteiger partial charge in [-0.05, 0) is 50.6 Å². The van der Waals surface area contributed by atoms with Crippen LogP contribution < -0.4 is 25.4 Å². The molecule has 1 atom stereocenters. The molecule has 8 nitrogen and oxygen atoms in total. The second-order valence-corrected chi connectivity index (χ2v) is 9.23. The molecule has 1 aliphatic heterocycles. The van der Waals surface area contributed by atoms with Crippen molar-refractivity contribution >= 4 is 34.7 Å². The molecule has 188 valence electrons. The van der Waals surface area contributed by atoms with Crippen LogP contribution in [0.1, 0.15) is 37.9 Å². The number of hydrogen-bond acceptors (Lipinski definition) is 7. The molecule has 1 saturated heterocycles. The zero-order chi connectivity index (χ0) is 25.4. The number of carbonyl (C=O) groups excluding carboxylic acids is 1. The summed E-state index contributed by atoms with van der Waals surface area (Å²) in [5, 5.41) is 25.2. The van der Waals surface area contributed by atoms with Crippen molar-refractivity contribution in [2.45, 2.75) is 45.3 Å². The first-order chi connectivity index (χ1) is 16.8. The van der Waals surface area contributed by atoms with E-state index < -0.39 is 36.1 Å². The van der Waals surface area contributed by atoms with Crippen LogP contribution in [0.5, 0.6) is 0 Å². The molecular weight excluding hydrogens is 476 g/mol. The van der Waals surface area contributed by atoms with Gasteiger partial charge in [-0.1, -0.05) is 18.6 Å². The number of benzene rings is 1. The molecule has 0 saturated carbocycles. The Labute approximate surface area is 205 Å². The second-order valence-electron chi connectivity index (χ2n) is 8.20. The number of amides is 1. The molecule has 1 aromatic carbocycles. The number of likely N-dealkylation sites (tertiary alicyclic amines) is 1. The van der Waals surface area contributed by atoms with Crippen LogP contribution in [0.25, 0.3) is 11.8 Å². The number of aromatic nitrogens is 1. The molecule has 1 amide bonds. The topological polar surface area (TPSA) is 110 Å². The minimum Gasteiger partial charge on any atom is -0.387 e. The molecule has 1 aromatic heterocycles. The highest BCUT2D eigenvalue weighted by atomic mass is 32.1. The lowest BCUT2D eigenvalue weighted by Gasteiger charge is -2.28. The fourth-order valence-corrected chi connectivity index (χ4v) is 5.01. The number of nitriles is 1. The van der Waals surface area contributed by atoms with Gasteiger partial charge in [0.1, 0.15) is 15.3 Å². The van der Waals surface area contributed by atoms with E-state index >= 15 is 0 Å². The molecule has 3 rings (SSSR count). The van der Waals surface area contributed by atoms with Gasteiger partial charge in [0.15, 0.2) is 5.57 Å². The highest BCUT2D eigenvalue weighted by Crippen LogP contribution is 2.20. The van der Waals surface area contributed by atoms with E-state index in [2.05, 4.69) is 10.2 Å². The Balaban J connectivity index is 1.85. The number of rotatable bonds is 9. The molecule has 0 bridgehead atoms. The summed E-state index contributed by atoms with van der Waals surface area (Å²) in [4.78, 5) is 27.3. The number of aliphatic hydroxyl groups excluding tert-OH is 1. The van der Waals surface area contributed by atoms with E-state index in [9.17, 15) is 28.7 Å². The molecule has 0 spiro atoms. The number of aliphatic hydroxyl groups is 1. The van der Waals surface area contributed by atoms with Crippen LogP contribution in [0, 0.1) is 11.3 Å². The zero-order valence-electron chi connectivity index (χ0n) is 19.5. The maximum absolute atomic E-state index is 12.8. The maximum atomic E-state index is 12.8. The average molecular weight is 506 g/mol. The fourth-order valence-electron chi connectivity index (χ4n) is 3.92. The van der Waals surface area contributed by atoms with Gasteiger partial charge in [-0.15, -0.1) is 11.3 Å². The number of piperidine rings is 1. The lowest BCUT2D eigenvalue weighted by atomic mass is 10.1. The van der Waals surface area contributed by atoms with Crippen molar-refractivity contribution in [3.63, 3.8) is 0 Å². The van der Waals surface area contributed by atoms with E-state index in [4.69, 9.17) is 0 Å². The quantitative estimate of drug-likeness (QED) is 0.475. The number of alkyl halides is 2. The van der Waals surface area contributed by atoms with E-state index in [0.29, 0.717) is 12.2 Å². The van der Waals surface area contributed by atoms with Gasteiger partial charge in [-0.3, -0.25) is 14.2 Å². The molecule has 0 aliphatic carbocycles. The van der Waals surface area contributed by atoms with E-state index in [-0.39, 0.29) is 15.7 Å². The third kappa shape index (κ3) is 6.97. The van der Waals surface area contributed by atoms with Gasteiger partial charge in [0.25, 0.3) is 17.9 Å². The normalized spacial score (nSPS) is 16.6. The van der Waals surface area contributed by atoms with E-state index in [0.717, 1.165) is 42.8 Å². The van der Waals surface area contributed by atoms with Gasteiger partial charge in [0, 0.05) is 25.0 Å². The molecular formula is C24H29F2N5O3S. The first-order valence-corrected chi connectivity index (χ1v) is 12.3. The summed E-state index contributed by atoms with van der Waals surface area (Å²) in [6.45, 7) is 3.53. The number of anilines is 1. The van der Waals surface area contributed by atoms with Crippen LogP contribution in [0.4, 0.5) is 14.5 Å². The molecule has 0 radical (unpaired) electrons. The van der Waals surface area contributed by atoms with Crippen molar-refractivity contribution < 1.29 is 18.7 Å².